The normalized spacial score (nSPS) is 14.1. The molecule has 1 aliphatic heterocycles. The fourth-order valence-corrected chi connectivity index (χ4v) is 3.33. The van der Waals surface area contributed by atoms with Gasteiger partial charge in [0.2, 0.25) is 18.6 Å². The van der Waals surface area contributed by atoms with Crippen LogP contribution in [0.4, 0.5) is 4.39 Å². The van der Waals surface area contributed by atoms with Crippen molar-refractivity contribution in [3.8, 4) is 11.5 Å². The van der Waals surface area contributed by atoms with E-state index in [0.29, 0.717) is 17.9 Å². The van der Waals surface area contributed by atoms with Crippen LogP contribution in [0, 0.1) is 5.82 Å². The molecule has 3 rings (SSSR count). The molecule has 7 heteroatoms. The monoisotopic (exact) mass is 428 g/mol. The molecule has 1 aliphatic rings. The second-order valence-electron chi connectivity index (χ2n) is 7.83. The number of nitrogens with one attached hydrogen (secondary N) is 1. The van der Waals surface area contributed by atoms with Gasteiger partial charge in [0, 0.05) is 19.0 Å². The number of nitrogens with zero attached hydrogens (tertiary/aromatic N) is 1. The molecule has 2 amide bonds. The Kier molecular flexibility index (Phi) is 7.50. The van der Waals surface area contributed by atoms with E-state index in [4.69, 9.17) is 9.47 Å². The van der Waals surface area contributed by atoms with Gasteiger partial charge >= 0.3 is 0 Å². The highest BCUT2D eigenvalue weighted by Gasteiger charge is 2.26. The molecular weight excluding hydrogens is 399 g/mol. The zero-order valence-electron chi connectivity index (χ0n) is 18.2. The summed E-state index contributed by atoms with van der Waals surface area (Å²) in [6.07, 6.45) is 1.55. The Hall–Kier alpha value is -3.09. The van der Waals surface area contributed by atoms with Crippen LogP contribution in [0.5, 0.6) is 11.5 Å². The summed E-state index contributed by atoms with van der Waals surface area (Å²) in [5.41, 5.74) is 1.72. The minimum atomic E-state index is -0.650. The molecule has 166 valence electrons. The van der Waals surface area contributed by atoms with Gasteiger partial charge < -0.3 is 19.7 Å². The number of amides is 2. The van der Waals surface area contributed by atoms with Crippen molar-refractivity contribution in [2.45, 2.75) is 58.7 Å². The zero-order valence-corrected chi connectivity index (χ0v) is 18.2. The fraction of sp³-hybridized carbons (Fsp3) is 0.417. The summed E-state index contributed by atoms with van der Waals surface area (Å²) in [4.78, 5) is 27.4. The molecule has 6 nitrogen and oxygen atoms in total. The van der Waals surface area contributed by atoms with E-state index in [1.165, 1.54) is 12.1 Å². The first-order valence-corrected chi connectivity index (χ1v) is 10.6. The second kappa shape index (κ2) is 10.3. The maximum atomic E-state index is 13.3. The molecule has 0 fully saturated rings. The van der Waals surface area contributed by atoms with Crippen LogP contribution < -0.4 is 14.8 Å². The molecule has 0 radical (unpaired) electrons. The molecule has 2 unspecified atom stereocenters. The molecule has 0 spiro atoms. The van der Waals surface area contributed by atoms with Crippen LogP contribution in [-0.4, -0.2) is 35.6 Å². The van der Waals surface area contributed by atoms with Gasteiger partial charge in [-0.2, -0.15) is 0 Å². The standard InChI is InChI=1S/C24H29FN2O4/c1-4-16(2)26-24(29)17(3)27(14-19-5-9-20(25)10-6-19)23(28)12-8-18-7-11-21-22(13-18)31-15-30-21/h5-7,9-11,13,16-17H,4,8,12,14-15H2,1-3H3,(H,26,29). The molecule has 2 atom stereocenters. The van der Waals surface area contributed by atoms with Crippen LogP contribution in [0.25, 0.3) is 0 Å². The highest BCUT2D eigenvalue weighted by atomic mass is 19.1. The van der Waals surface area contributed by atoms with E-state index in [-0.39, 0.29) is 43.4 Å². The van der Waals surface area contributed by atoms with E-state index in [9.17, 15) is 14.0 Å². The molecule has 0 aliphatic carbocycles. The van der Waals surface area contributed by atoms with Gasteiger partial charge in [-0.1, -0.05) is 25.1 Å². The maximum Gasteiger partial charge on any atom is 0.242 e. The number of fused-ring (bicyclic) bond motifs is 1. The summed E-state index contributed by atoms with van der Waals surface area (Å²) in [5.74, 6) is 0.687. The largest absolute Gasteiger partial charge is 0.454 e. The number of ether oxygens (including phenoxy) is 2. The Labute approximate surface area is 182 Å². The lowest BCUT2D eigenvalue weighted by Crippen LogP contribution is -2.49. The predicted octanol–water partition coefficient (Wildman–Crippen LogP) is 3.82. The molecule has 2 aromatic carbocycles. The van der Waals surface area contributed by atoms with Gasteiger partial charge in [-0.15, -0.1) is 0 Å². The second-order valence-corrected chi connectivity index (χ2v) is 7.83. The van der Waals surface area contributed by atoms with E-state index in [1.807, 2.05) is 32.0 Å². The minimum absolute atomic E-state index is 0.0198. The van der Waals surface area contributed by atoms with Gasteiger partial charge in [-0.25, -0.2) is 4.39 Å². The molecule has 31 heavy (non-hydrogen) atoms. The highest BCUT2D eigenvalue weighted by Crippen LogP contribution is 2.32. The van der Waals surface area contributed by atoms with Crippen molar-refractivity contribution in [3.05, 3.63) is 59.4 Å². The lowest BCUT2D eigenvalue weighted by molar-refractivity contribution is -0.140. The molecule has 1 N–H and O–H groups in total. The summed E-state index contributed by atoms with van der Waals surface area (Å²) in [6, 6.07) is 11.0. The number of carbonyl (C=O) groups is 2. The van der Waals surface area contributed by atoms with E-state index in [2.05, 4.69) is 5.32 Å². The van der Waals surface area contributed by atoms with Crippen molar-refractivity contribution in [2.24, 2.45) is 0 Å². The SMILES string of the molecule is CCC(C)NC(=O)C(C)N(Cc1ccc(F)cc1)C(=O)CCc1ccc2c(c1)OCO2. The molecule has 1 heterocycles. The Bertz CT molecular complexity index is 916. The number of aryl methyl sites for hydroxylation is 1. The lowest BCUT2D eigenvalue weighted by atomic mass is 10.1. The minimum Gasteiger partial charge on any atom is -0.454 e. The summed E-state index contributed by atoms with van der Waals surface area (Å²) >= 11 is 0. The number of halogens is 1. The fourth-order valence-electron chi connectivity index (χ4n) is 3.33. The van der Waals surface area contributed by atoms with Crippen molar-refractivity contribution in [1.29, 1.82) is 0 Å². The number of benzene rings is 2. The van der Waals surface area contributed by atoms with Gasteiger partial charge in [-0.3, -0.25) is 9.59 Å². The molecule has 0 saturated carbocycles. The van der Waals surface area contributed by atoms with Gasteiger partial charge in [-0.05, 0) is 62.1 Å². The summed E-state index contributed by atoms with van der Waals surface area (Å²) in [7, 11) is 0. The van der Waals surface area contributed by atoms with Crippen molar-refractivity contribution >= 4 is 11.8 Å². The smallest absolute Gasteiger partial charge is 0.242 e. The van der Waals surface area contributed by atoms with Crippen molar-refractivity contribution in [3.63, 3.8) is 0 Å². The average Bonchev–Trinajstić information content (AvgIpc) is 3.24. The zero-order chi connectivity index (χ0) is 22.4. The average molecular weight is 429 g/mol. The quantitative estimate of drug-likeness (QED) is 0.659. The Morgan fingerprint density at radius 2 is 1.74 bits per heavy atom. The van der Waals surface area contributed by atoms with Gasteiger partial charge in [0.05, 0.1) is 0 Å². The highest BCUT2D eigenvalue weighted by molar-refractivity contribution is 5.87. The third kappa shape index (κ3) is 5.96. The Morgan fingerprint density at radius 1 is 1.06 bits per heavy atom. The van der Waals surface area contributed by atoms with Gasteiger partial charge in [0.1, 0.15) is 11.9 Å². The number of carbonyl (C=O) groups excluding carboxylic acids is 2. The first kappa shape index (κ1) is 22.6. The lowest BCUT2D eigenvalue weighted by Gasteiger charge is -2.29. The Morgan fingerprint density at radius 3 is 2.45 bits per heavy atom. The van der Waals surface area contributed by atoms with E-state index in [1.54, 1.807) is 24.0 Å². The van der Waals surface area contributed by atoms with Crippen LogP contribution in [-0.2, 0) is 22.6 Å². The number of hydrogen-bond donors (Lipinski definition) is 1. The topological polar surface area (TPSA) is 67.9 Å². The Balaban J connectivity index is 1.71. The molecular formula is C24H29FN2O4. The van der Waals surface area contributed by atoms with Crippen LogP contribution in [0.1, 0.15) is 44.7 Å². The molecule has 0 saturated heterocycles. The number of hydrogen-bond acceptors (Lipinski definition) is 4. The predicted molar refractivity (Wildman–Crippen MR) is 115 cm³/mol. The molecule has 2 aromatic rings. The third-order valence-electron chi connectivity index (χ3n) is 5.50. The first-order chi connectivity index (χ1) is 14.9. The summed E-state index contributed by atoms with van der Waals surface area (Å²) in [6.45, 7) is 6.07. The third-order valence-corrected chi connectivity index (χ3v) is 5.50. The molecule has 0 aromatic heterocycles. The van der Waals surface area contributed by atoms with Crippen molar-refractivity contribution < 1.29 is 23.5 Å². The maximum absolute atomic E-state index is 13.3. The van der Waals surface area contributed by atoms with Crippen molar-refractivity contribution in [1.82, 2.24) is 10.2 Å². The van der Waals surface area contributed by atoms with E-state index in [0.717, 1.165) is 17.5 Å². The number of rotatable bonds is 9. The summed E-state index contributed by atoms with van der Waals surface area (Å²) < 4.78 is 24.0. The van der Waals surface area contributed by atoms with Gasteiger partial charge in [0.25, 0.3) is 0 Å². The van der Waals surface area contributed by atoms with Crippen LogP contribution in [0.15, 0.2) is 42.5 Å². The van der Waals surface area contributed by atoms with E-state index >= 15 is 0 Å². The van der Waals surface area contributed by atoms with Crippen LogP contribution in [0.2, 0.25) is 0 Å². The molecule has 0 bridgehead atoms. The summed E-state index contributed by atoms with van der Waals surface area (Å²) in [5, 5.41) is 2.94. The van der Waals surface area contributed by atoms with Crippen LogP contribution >= 0.6 is 0 Å². The first-order valence-electron chi connectivity index (χ1n) is 10.6. The van der Waals surface area contributed by atoms with Crippen LogP contribution in [0.3, 0.4) is 0 Å². The van der Waals surface area contributed by atoms with E-state index < -0.39 is 6.04 Å². The van der Waals surface area contributed by atoms with Gasteiger partial charge in [0.15, 0.2) is 11.5 Å². The van der Waals surface area contributed by atoms with Crippen molar-refractivity contribution in [2.75, 3.05) is 6.79 Å².